The van der Waals surface area contributed by atoms with E-state index in [1.54, 1.807) is 17.8 Å². The zero-order valence-corrected chi connectivity index (χ0v) is 12.0. The van der Waals surface area contributed by atoms with E-state index >= 15 is 0 Å². The van der Waals surface area contributed by atoms with Crippen molar-refractivity contribution in [3.05, 3.63) is 29.6 Å². The molecule has 0 bridgehead atoms. The summed E-state index contributed by atoms with van der Waals surface area (Å²) in [5, 5.41) is 4.07. The van der Waals surface area contributed by atoms with Gasteiger partial charge in [-0.15, -0.1) is 0 Å². The number of amidine groups is 1. The third-order valence-corrected chi connectivity index (χ3v) is 5.12. The molecule has 3 rings (SSSR count). The van der Waals surface area contributed by atoms with Gasteiger partial charge in [-0.3, -0.25) is 4.99 Å². The highest BCUT2D eigenvalue weighted by atomic mass is 32.2. The van der Waals surface area contributed by atoms with Crippen LogP contribution in [0.4, 0.5) is 10.1 Å². The molecule has 0 aromatic heterocycles. The standard InChI is InChI=1S/C15H19FN2S/c1-10-5-4-7-12(16)14(10)18-15-17-13-8-3-2-6-11(13)9-19-15/h4-5,7,11,13H,2-3,6,8-9H2,1H3,(H,17,18). The normalized spacial score (nSPS) is 26.5. The molecule has 1 aromatic rings. The summed E-state index contributed by atoms with van der Waals surface area (Å²) in [5.74, 6) is 1.64. The smallest absolute Gasteiger partial charge is 0.161 e. The lowest BCUT2D eigenvalue weighted by molar-refractivity contribution is 0.336. The summed E-state index contributed by atoms with van der Waals surface area (Å²) in [6.45, 7) is 1.92. The molecule has 0 saturated heterocycles. The largest absolute Gasteiger partial charge is 0.332 e. The summed E-state index contributed by atoms with van der Waals surface area (Å²) in [6, 6.07) is 5.60. The highest BCUT2D eigenvalue weighted by Gasteiger charge is 2.29. The Hall–Kier alpha value is -1.03. The highest BCUT2D eigenvalue weighted by molar-refractivity contribution is 8.14. The minimum atomic E-state index is -0.200. The Morgan fingerprint density at radius 2 is 2.16 bits per heavy atom. The third-order valence-electron chi connectivity index (χ3n) is 4.04. The van der Waals surface area contributed by atoms with Crippen molar-refractivity contribution in [1.29, 1.82) is 0 Å². The lowest BCUT2D eigenvalue weighted by Crippen LogP contribution is -2.32. The number of aliphatic imine (C=N–C) groups is 1. The Labute approximate surface area is 117 Å². The van der Waals surface area contributed by atoms with Crippen LogP contribution >= 0.6 is 11.8 Å². The zero-order valence-electron chi connectivity index (χ0n) is 11.2. The van der Waals surface area contributed by atoms with Crippen molar-refractivity contribution in [2.24, 2.45) is 10.9 Å². The summed E-state index contributed by atoms with van der Waals surface area (Å²) in [5.41, 5.74) is 1.50. The first-order chi connectivity index (χ1) is 9.24. The van der Waals surface area contributed by atoms with Crippen LogP contribution in [0, 0.1) is 18.7 Å². The van der Waals surface area contributed by atoms with E-state index in [-0.39, 0.29) is 5.82 Å². The maximum absolute atomic E-state index is 13.8. The van der Waals surface area contributed by atoms with Crippen LogP contribution in [0.25, 0.3) is 0 Å². The molecule has 1 aliphatic heterocycles. The number of benzene rings is 1. The molecule has 2 aliphatic rings. The molecule has 1 aliphatic carbocycles. The van der Waals surface area contributed by atoms with Crippen LogP contribution in [-0.2, 0) is 0 Å². The van der Waals surface area contributed by atoms with Crippen molar-refractivity contribution in [3.8, 4) is 0 Å². The topological polar surface area (TPSA) is 24.4 Å². The van der Waals surface area contributed by atoms with Crippen molar-refractivity contribution in [2.45, 2.75) is 38.6 Å². The number of para-hydroxylation sites is 1. The quantitative estimate of drug-likeness (QED) is 0.832. The van der Waals surface area contributed by atoms with Crippen LogP contribution in [0.3, 0.4) is 0 Å². The van der Waals surface area contributed by atoms with Crippen LogP contribution in [0.2, 0.25) is 0 Å². The van der Waals surface area contributed by atoms with E-state index in [2.05, 4.69) is 5.32 Å². The first-order valence-corrected chi connectivity index (χ1v) is 7.95. The number of aryl methyl sites for hydroxylation is 1. The molecular weight excluding hydrogens is 259 g/mol. The van der Waals surface area contributed by atoms with Crippen molar-refractivity contribution in [2.75, 3.05) is 11.1 Å². The van der Waals surface area contributed by atoms with Crippen molar-refractivity contribution in [3.63, 3.8) is 0 Å². The second-order valence-electron chi connectivity index (χ2n) is 5.41. The second-order valence-corrected chi connectivity index (χ2v) is 6.42. The minimum Gasteiger partial charge on any atom is -0.332 e. The van der Waals surface area contributed by atoms with Gasteiger partial charge in [-0.05, 0) is 37.3 Å². The van der Waals surface area contributed by atoms with E-state index in [1.807, 2.05) is 13.0 Å². The second kappa shape index (κ2) is 5.53. The molecule has 0 amide bonds. The maximum atomic E-state index is 13.8. The van der Waals surface area contributed by atoms with Gasteiger partial charge < -0.3 is 5.32 Å². The van der Waals surface area contributed by atoms with E-state index in [9.17, 15) is 4.39 Å². The van der Waals surface area contributed by atoms with Gasteiger partial charge in [0.2, 0.25) is 0 Å². The number of thioether (sulfide) groups is 1. The molecule has 19 heavy (non-hydrogen) atoms. The van der Waals surface area contributed by atoms with Crippen molar-refractivity contribution < 1.29 is 4.39 Å². The lowest BCUT2D eigenvalue weighted by Gasteiger charge is -2.32. The number of halogens is 1. The molecular formula is C15H19FN2S. The van der Waals surface area contributed by atoms with E-state index in [0.717, 1.165) is 22.4 Å². The van der Waals surface area contributed by atoms with Crippen molar-refractivity contribution in [1.82, 2.24) is 0 Å². The Morgan fingerprint density at radius 3 is 3.00 bits per heavy atom. The van der Waals surface area contributed by atoms with Gasteiger partial charge in [0, 0.05) is 5.75 Å². The number of hydrogen-bond acceptors (Lipinski definition) is 3. The zero-order chi connectivity index (χ0) is 13.2. The Bertz CT molecular complexity index is 481. The lowest BCUT2D eigenvalue weighted by atomic mass is 9.86. The molecule has 4 heteroatoms. The molecule has 0 spiro atoms. The summed E-state index contributed by atoms with van der Waals surface area (Å²) in [7, 11) is 0. The predicted molar refractivity (Wildman–Crippen MR) is 80.4 cm³/mol. The first kappa shape index (κ1) is 13.0. The minimum absolute atomic E-state index is 0.200. The van der Waals surface area contributed by atoms with Crippen molar-refractivity contribution >= 4 is 22.6 Å². The van der Waals surface area contributed by atoms with E-state index < -0.39 is 0 Å². The number of nitrogens with one attached hydrogen (secondary N) is 1. The number of rotatable bonds is 1. The molecule has 2 atom stereocenters. The Morgan fingerprint density at radius 1 is 1.32 bits per heavy atom. The molecule has 1 heterocycles. The first-order valence-electron chi connectivity index (χ1n) is 6.97. The Kier molecular flexibility index (Phi) is 3.78. The number of fused-ring (bicyclic) bond motifs is 1. The van der Waals surface area contributed by atoms with Crippen LogP contribution in [0.1, 0.15) is 31.2 Å². The average molecular weight is 278 g/mol. The van der Waals surface area contributed by atoms with Gasteiger partial charge in [-0.2, -0.15) is 0 Å². The number of hydrogen-bond donors (Lipinski definition) is 1. The van der Waals surface area contributed by atoms with Crippen LogP contribution in [0.15, 0.2) is 23.2 Å². The van der Waals surface area contributed by atoms with Crippen LogP contribution < -0.4 is 5.32 Å². The van der Waals surface area contributed by atoms with Gasteiger partial charge in [-0.1, -0.05) is 36.7 Å². The fourth-order valence-electron chi connectivity index (χ4n) is 2.89. The SMILES string of the molecule is Cc1cccc(F)c1NC1=NC2CCCCC2CS1. The molecule has 2 unspecified atom stereocenters. The molecule has 1 aromatic carbocycles. The van der Waals surface area contributed by atoms with Crippen LogP contribution in [-0.4, -0.2) is 17.0 Å². The summed E-state index contributed by atoms with van der Waals surface area (Å²) in [4.78, 5) is 4.78. The highest BCUT2D eigenvalue weighted by Crippen LogP contribution is 2.34. The molecule has 1 saturated carbocycles. The van der Waals surface area contributed by atoms with Gasteiger partial charge in [-0.25, -0.2) is 4.39 Å². The fraction of sp³-hybridized carbons (Fsp3) is 0.533. The van der Waals surface area contributed by atoms with Gasteiger partial charge in [0.15, 0.2) is 5.17 Å². The van der Waals surface area contributed by atoms with Crippen LogP contribution in [0.5, 0.6) is 0 Å². The summed E-state index contributed by atoms with van der Waals surface area (Å²) < 4.78 is 13.8. The number of nitrogens with zero attached hydrogens (tertiary/aromatic N) is 1. The average Bonchev–Trinajstić information content (AvgIpc) is 2.43. The Balaban J connectivity index is 1.78. The number of anilines is 1. The third kappa shape index (κ3) is 2.78. The van der Waals surface area contributed by atoms with Gasteiger partial charge in [0.05, 0.1) is 11.7 Å². The predicted octanol–water partition coefficient (Wildman–Crippen LogP) is 4.21. The summed E-state index contributed by atoms with van der Waals surface area (Å²) in [6.07, 6.45) is 5.10. The fourth-order valence-corrected chi connectivity index (χ4v) is 4.04. The van der Waals surface area contributed by atoms with E-state index in [4.69, 9.17) is 4.99 Å². The molecule has 1 N–H and O–H groups in total. The monoisotopic (exact) mass is 278 g/mol. The maximum Gasteiger partial charge on any atom is 0.161 e. The molecule has 102 valence electrons. The van der Waals surface area contributed by atoms with Gasteiger partial charge in [0.25, 0.3) is 0 Å². The summed E-state index contributed by atoms with van der Waals surface area (Å²) >= 11 is 1.73. The molecule has 2 nitrogen and oxygen atoms in total. The molecule has 0 radical (unpaired) electrons. The van der Waals surface area contributed by atoms with Gasteiger partial charge in [0.1, 0.15) is 5.82 Å². The molecule has 1 fully saturated rings. The van der Waals surface area contributed by atoms with E-state index in [0.29, 0.717) is 11.7 Å². The van der Waals surface area contributed by atoms with Gasteiger partial charge >= 0.3 is 0 Å². The van der Waals surface area contributed by atoms with E-state index in [1.165, 1.54) is 31.7 Å².